The fourth-order valence-electron chi connectivity index (χ4n) is 8.44. The fourth-order valence-corrected chi connectivity index (χ4v) is 33.9. The van der Waals surface area contributed by atoms with Gasteiger partial charge in [-0.05, 0) is 0 Å². The Kier molecular flexibility index (Phi) is 6.65. The Bertz CT molecular complexity index is 1910. The minimum absolute atomic E-state index is 0.122. The van der Waals surface area contributed by atoms with Crippen LogP contribution in [0.2, 0.25) is 4.63 Å². The quantitative estimate of drug-likeness (QED) is 0.174. The second-order valence-electron chi connectivity index (χ2n) is 13.0. The van der Waals surface area contributed by atoms with E-state index in [-0.39, 0.29) is 7.25 Å². The second-order valence-corrected chi connectivity index (χ2v) is 44.3. The molecule has 2 aliphatic carbocycles. The number of allylic oxidation sites excluding steroid dienone is 2. The molecule has 0 aromatic heterocycles. The van der Waals surface area contributed by atoms with Crippen LogP contribution in [0.15, 0.2) is 139 Å². The van der Waals surface area contributed by atoms with Crippen molar-refractivity contribution in [3.63, 3.8) is 0 Å². The first-order valence-corrected chi connectivity index (χ1v) is 28.1. The van der Waals surface area contributed by atoms with Crippen LogP contribution in [0.25, 0.3) is 34.4 Å². The topological polar surface area (TPSA) is 0 Å². The van der Waals surface area contributed by atoms with E-state index >= 15 is 0 Å². The van der Waals surface area contributed by atoms with Crippen LogP contribution in [0.4, 0.5) is 0 Å². The average molecular weight is 678 g/mol. The van der Waals surface area contributed by atoms with Gasteiger partial charge in [-0.25, -0.2) is 0 Å². The van der Waals surface area contributed by atoms with Gasteiger partial charge in [-0.3, -0.25) is 0 Å². The molecule has 5 aromatic rings. The van der Waals surface area contributed by atoms with Gasteiger partial charge >= 0.3 is 262 Å². The predicted molar refractivity (Wildman–Crippen MR) is 186 cm³/mol. The van der Waals surface area contributed by atoms with Crippen molar-refractivity contribution in [2.45, 2.75) is 25.7 Å². The first kappa shape index (κ1) is 28.7. The number of hydrogen-bond donors (Lipinski definition) is 0. The number of benzene rings is 5. The van der Waals surface area contributed by atoms with E-state index in [1.807, 2.05) is 0 Å². The van der Waals surface area contributed by atoms with Crippen molar-refractivity contribution in [2.75, 3.05) is 0 Å². The van der Waals surface area contributed by atoms with Gasteiger partial charge in [0.1, 0.15) is 0 Å². The van der Waals surface area contributed by atoms with Crippen LogP contribution in [0.3, 0.4) is 0 Å². The summed E-state index contributed by atoms with van der Waals surface area (Å²) in [6, 6.07) is 45.1. The van der Waals surface area contributed by atoms with Crippen LogP contribution >= 0.6 is 17.0 Å². The Morgan fingerprint density at radius 1 is 0.512 bits per heavy atom. The molecule has 0 fully saturated rings. The van der Waals surface area contributed by atoms with Gasteiger partial charge in [0.15, 0.2) is 0 Å². The normalized spacial score (nSPS) is 19.0. The second kappa shape index (κ2) is 9.97. The van der Waals surface area contributed by atoms with Crippen molar-refractivity contribution >= 4 is 32.9 Å². The molecule has 0 heterocycles. The van der Waals surface area contributed by atoms with E-state index in [2.05, 4.69) is 162 Å². The van der Waals surface area contributed by atoms with Gasteiger partial charge in [0.2, 0.25) is 0 Å². The van der Waals surface area contributed by atoms with Crippen molar-refractivity contribution in [3.8, 4) is 22.3 Å². The van der Waals surface area contributed by atoms with Crippen molar-refractivity contribution in [2.24, 2.45) is 0 Å². The van der Waals surface area contributed by atoms with E-state index in [1.165, 1.54) is 55.7 Å². The van der Waals surface area contributed by atoms with Crippen LogP contribution in [0.1, 0.15) is 48.9 Å². The van der Waals surface area contributed by atoms with Crippen LogP contribution < -0.4 is 0 Å². The van der Waals surface area contributed by atoms with E-state index in [9.17, 15) is 0 Å². The van der Waals surface area contributed by atoms with E-state index in [4.69, 9.17) is 17.0 Å². The number of halogens is 2. The number of hydrogen-bond acceptors (Lipinski definition) is 0. The molecule has 0 saturated carbocycles. The zero-order valence-electron chi connectivity index (χ0n) is 24.8. The Hall–Kier alpha value is -3.09. The molecule has 213 valence electrons. The van der Waals surface area contributed by atoms with E-state index in [0.717, 1.165) is 5.56 Å². The molecule has 7 rings (SSSR count). The molecule has 43 heavy (non-hydrogen) atoms. The summed E-state index contributed by atoms with van der Waals surface area (Å²) >= 11 is -5.75. The van der Waals surface area contributed by atoms with Crippen molar-refractivity contribution in [1.82, 2.24) is 0 Å². The van der Waals surface area contributed by atoms with Gasteiger partial charge in [0, 0.05) is 0 Å². The molecule has 0 spiro atoms. The summed E-state index contributed by atoms with van der Waals surface area (Å²) in [5.74, 6) is 0. The SMILES string of the molecule is CC1=Cc2c(-c3ccccc3)cccc2[CH]1[Zr]([CH3])([Cl])([Cl])(=[CH]c1ccccc1)[CH]1C(C)=Cc2c(-c3ccccc3)cccc21. The average Bonchev–Trinajstić information content (AvgIpc) is 3.55. The Morgan fingerprint density at radius 3 is 1.33 bits per heavy atom. The number of fused-ring (bicyclic) bond motifs is 2. The standard InChI is InChI=1S/2C16H13.C7H6.CH3.2ClH.Zr/c2*1-12-10-14-8-5-9-15(16(14)11-12)13-6-3-2-4-7-13;1-7-5-3-2-4-6-7;;;;/h2*2-11H,1H3;1-6H;1H3;2*1H;/q;;;;;;+2/p-2. The zero-order chi connectivity index (χ0) is 29.9. The zero-order valence-corrected chi connectivity index (χ0v) is 28.7. The summed E-state index contributed by atoms with van der Waals surface area (Å²) in [5, 5.41) is 0. The van der Waals surface area contributed by atoms with Crippen LogP contribution in [0.5, 0.6) is 0 Å². The summed E-state index contributed by atoms with van der Waals surface area (Å²) in [4.78, 5) is 0. The molecule has 0 saturated heterocycles. The molecule has 2 aliphatic rings. The summed E-state index contributed by atoms with van der Waals surface area (Å²) in [6.45, 7) is 4.46. The van der Waals surface area contributed by atoms with Crippen molar-refractivity contribution in [3.05, 3.63) is 166 Å². The van der Waals surface area contributed by atoms with Crippen LogP contribution in [0, 0.1) is 0 Å². The molecule has 5 aromatic carbocycles. The predicted octanol–water partition coefficient (Wildman–Crippen LogP) is 12.1. The first-order valence-electron chi connectivity index (χ1n) is 15.1. The molecular formula is C40H35Cl2Zr. The molecule has 0 amide bonds. The molecular weight excluding hydrogens is 643 g/mol. The molecule has 0 bridgehead atoms. The van der Waals surface area contributed by atoms with Crippen molar-refractivity contribution < 1.29 is 14.4 Å². The summed E-state index contributed by atoms with van der Waals surface area (Å²) in [5.41, 5.74) is 13.3. The van der Waals surface area contributed by atoms with E-state index in [1.54, 1.807) is 0 Å². The Labute approximate surface area is 259 Å². The molecule has 0 radical (unpaired) electrons. The van der Waals surface area contributed by atoms with Gasteiger partial charge in [-0.2, -0.15) is 0 Å². The first-order chi connectivity index (χ1) is 20.6. The summed E-state index contributed by atoms with van der Waals surface area (Å²) in [7, 11) is 17.3. The molecule has 0 aliphatic heterocycles. The maximum atomic E-state index is 8.67. The van der Waals surface area contributed by atoms with Crippen molar-refractivity contribution in [1.29, 1.82) is 0 Å². The van der Waals surface area contributed by atoms with Gasteiger partial charge in [0.25, 0.3) is 0 Å². The number of rotatable bonds is 5. The Morgan fingerprint density at radius 2 is 0.907 bits per heavy atom. The minimum atomic E-state index is -5.75. The molecule has 0 nitrogen and oxygen atoms in total. The molecule has 2 unspecified atom stereocenters. The van der Waals surface area contributed by atoms with Gasteiger partial charge in [-0.1, -0.05) is 0 Å². The summed E-state index contributed by atoms with van der Waals surface area (Å²) < 4.78 is 4.37. The van der Waals surface area contributed by atoms with Gasteiger partial charge in [0.05, 0.1) is 0 Å². The summed E-state index contributed by atoms with van der Waals surface area (Å²) in [6.07, 6.45) is 4.69. The van der Waals surface area contributed by atoms with E-state index < -0.39 is 14.4 Å². The molecule has 2 atom stereocenters. The maximum absolute atomic E-state index is 8.67. The van der Waals surface area contributed by atoms with Gasteiger partial charge < -0.3 is 0 Å². The third-order valence-electron chi connectivity index (χ3n) is 9.79. The van der Waals surface area contributed by atoms with Crippen LogP contribution in [-0.2, 0) is 14.4 Å². The Balaban J connectivity index is 1.54. The van der Waals surface area contributed by atoms with Crippen LogP contribution in [-0.4, -0.2) is 3.71 Å². The molecule has 3 heteroatoms. The fraction of sp³-hybridized carbons (Fsp3) is 0.125. The van der Waals surface area contributed by atoms with Gasteiger partial charge in [-0.15, -0.1) is 0 Å². The van der Waals surface area contributed by atoms with E-state index in [0.29, 0.717) is 0 Å². The monoisotopic (exact) mass is 675 g/mol. The third kappa shape index (κ3) is 4.55. The molecule has 0 N–H and O–H groups in total. The third-order valence-corrected chi connectivity index (χ3v) is 31.2.